The zero-order chi connectivity index (χ0) is 13.7. The van der Waals surface area contributed by atoms with E-state index in [-0.39, 0.29) is 17.7 Å². The van der Waals surface area contributed by atoms with Crippen LogP contribution >= 0.6 is 12.6 Å². The van der Waals surface area contributed by atoms with Crippen LogP contribution in [0, 0.1) is 0 Å². The van der Waals surface area contributed by atoms with Crippen molar-refractivity contribution in [2.24, 2.45) is 0 Å². The number of thiol groups is 1. The van der Waals surface area contributed by atoms with Crippen molar-refractivity contribution in [3.63, 3.8) is 0 Å². The van der Waals surface area contributed by atoms with Crippen LogP contribution in [0.25, 0.3) is 0 Å². The number of aromatic carboxylic acids is 2. The maximum Gasteiger partial charge on any atom is 0.338 e. The summed E-state index contributed by atoms with van der Waals surface area (Å²) in [5, 5.41) is 17.7. The zero-order valence-corrected chi connectivity index (χ0v) is 10.0. The molecule has 6 nitrogen and oxygen atoms in total. The van der Waals surface area contributed by atoms with E-state index in [9.17, 15) is 14.4 Å². The highest BCUT2D eigenvalue weighted by Crippen LogP contribution is 2.13. The average Bonchev–Trinajstić information content (AvgIpc) is 2.34. The monoisotopic (exact) mass is 270 g/mol. The Morgan fingerprint density at radius 1 is 1.11 bits per heavy atom. The number of carboxylic acids is 2. The predicted molar refractivity (Wildman–Crippen MR) is 64.5 cm³/mol. The van der Waals surface area contributed by atoms with Crippen molar-refractivity contribution in [2.45, 2.75) is 0 Å². The van der Waals surface area contributed by atoms with Crippen LogP contribution in [0.2, 0.25) is 0 Å². The molecule has 1 aromatic rings. The summed E-state index contributed by atoms with van der Waals surface area (Å²) in [5.74, 6) is -3.17. The van der Waals surface area contributed by atoms with E-state index in [4.69, 9.17) is 14.9 Å². The van der Waals surface area contributed by atoms with E-state index < -0.39 is 23.5 Å². The topological polar surface area (TPSA) is 101 Å². The highest BCUT2D eigenvalue weighted by molar-refractivity contribution is 7.80. The fourth-order valence-electron chi connectivity index (χ4n) is 1.26. The van der Waals surface area contributed by atoms with Gasteiger partial charge in [0.1, 0.15) is 6.61 Å². The summed E-state index contributed by atoms with van der Waals surface area (Å²) in [6.45, 7) is 0.0883. The average molecular weight is 270 g/mol. The van der Waals surface area contributed by atoms with E-state index >= 15 is 0 Å². The van der Waals surface area contributed by atoms with Crippen LogP contribution in [0.1, 0.15) is 31.1 Å². The molecule has 0 aliphatic rings. The Hall–Kier alpha value is -2.02. The molecular formula is C11H10O6S. The fourth-order valence-corrected chi connectivity index (χ4v) is 1.35. The Bertz CT molecular complexity index is 496. The molecule has 0 aromatic heterocycles. The van der Waals surface area contributed by atoms with Crippen molar-refractivity contribution in [1.29, 1.82) is 0 Å². The Labute approximate surface area is 108 Å². The van der Waals surface area contributed by atoms with E-state index in [0.29, 0.717) is 5.75 Å². The third-order valence-electron chi connectivity index (χ3n) is 2.04. The summed E-state index contributed by atoms with van der Waals surface area (Å²) in [4.78, 5) is 33.1. The lowest BCUT2D eigenvalue weighted by Gasteiger charge is -2.06. The minimum atomic E-state index is -1.42. The first kappa shape index (κ1) is 14.0. The SMILES string of the molecule is O=C(OCCS)c1ccc(C(=O)O)c(C(=O)O)c1. The Kier molecular flexibility index (Phi) is 4.73. The predicted octanol–water partition coefficient (Wildman–Crippen LogP) is 1.17. The van der Waals surface area contributed by atoms with Gasteiger partial charge < -0.3 is 14.9 Å². The summed E-state index contributed by atoms with van der Waals surface area (Å²) >= 11 is 3.85. The van der Waals surface area contributed by atoms with E-state index in [2.05, 4.69) is 12.6 Å². The van der Waals surface area contributed by atoms with Gasteiger partial charge in [0.15, 0.2) is 0 Å². The van der Waals surface area contributed by atoms with E-state index in [0.717, 1.165) is 12.1 Å². The zero-order valence-electron chi connectivity index (χ0n) is 9.12. The molecule has 0 fully saturated rings. The third kappa shape index (κ3) is 3.24. The van der Waals surface area contributed by atoms with Gasteiger partial charge in [0.05, 0.1) is 16.7 Å². The Balaban J connectivity index is 3.11. The van der Waals surface area contributed by atoms with E-state index in [1.165, 1.54) is 6.07 Å². The minimum absolute atomic E-state index is 0.0146. The van der Waals surface area contributed by atoms with Crippen LogP contribution in [0.5, 0.6) is 0 Å². The van der Waals surface area contributed by atoms with Gasteiger partial charge >= 0.3 is 17.9 Å². The molecule has 0 radical (unpaired) electrons. The van der Waals surface area contributed by atoms with Crippen molar-refractivity contribution in [2.75, 3.05) is 12.4 Å². The van der Waals surface area contributed by atoms with E-state index in [1.54, 1.807) is 0 Å². The second-order valence-electron chi connectivity index (χ2n) is 3.23. The summed E-state index contributed by atoms with van der Waals surface area (Å²) in [5.41, 5.74) is -0.852. The first-order chi connectivity index (χ1) is 8.47. The number of esters is 1. The maximum absolute atomic E-state index is 11.5. The quantitative estimate of drug-likeness (QED) is 0.548. The molecule has 0 atom stereocenters. The van der Waals surface area contributed by atoms with Gasteiger partial charge in [-0.05, 0) is 18.2 Å². The number of hydrogen-bond acceptors (Lipinski definition) is 5. The number of hydrogen-bond donors (Lipinski definition) is 3. The molecule has 0 unspecified atom stereocenters. The molecule has 1 aromatic carbocycles. The first-order valence-electron chi connectivity index (χ1n) is 4.86. The van der Waals surface area contributed by atoms with Gasteiger partial charge in [-0.25, -0.2) is 14.4 Å². The molecule has 0 saturated carbocycles. The molecular weight excluding hydrogens is 260 g/mol. The van der Waals surface area contributed by atoms with Crippen LogP contribution in [0.3, 0.4) is 0 Å². The number of carbonyl (C=O) groups is 3. The van der Waals surface area contributed by atoms with Crippen molar-refractivity contribution in [3.8, 4) is 0 Å². The molecule has 0 heterocycles. The van der Waals surface area contributed by atoms with Gasteiger partial charge in [0, 0.05) is 5.75 Å². The minimum Gasteiger partial charge on any atom is -0.478 e. The molecule has 18 heavy (non-hydrogen) atoms. The summed E-state index contributed by atoms with van der Waals surface area (Å²) in [7, 11) is 0. The highest BCUT2D eigenvalue weighted by Gasteiger charge is 2.18. The van der Waals surface area contributed by atoms with Gasteiger partial charge in [-0.2, -0.15) is 12.6 Å². The van der Waals surface area contributed by atoms with Gasteiger partial charge in [0.2, 0.25) is 0 Å². The molecule has 0 saturated heterocycles. The van der Waals surface area contributed by atoms with Gasteiger partial charge in [0.25, 0.3) is 0 Å². The molecule has 0 aliphatic carbocycles. The number of carbonyl (C=O) groups excluding carboxylic acids is 1. The Morgan fingerprint density at radius 3 is 2.22 bits per heavy atom. The molecule has 2 N–H and O–H groups in total. The summed E-state index contributed by atoms with van der Waals surface area (Å²) < 4.78 is 4.76. The van der Waals surface area contributed by atoms with Crippen LogP contribution in [0.15, 0.2) is 18.2 Å². The second kappa shape index (κ2) is 6.06. The molecule has 0 spiro atoms. The lowest BCUT2D eigenvalue weighted by Crippen LogP contribution is -2.12. The Morgan fingerprint density at radius 2 is 1.72 bits per heavy atom. The van der Waals surface area contributed by atoms with Crippen molar-refractivity contribution in [1.82, 2.24) is 0 Å². The molecule has 1 rings (SSSR count). The fraction of sp³-hybridized carbons (Fsp3) is 0.182. The number of rotatable bonds is 5. The van der Waals surface area contributed by atoms with Gasteiger partial charge in [-0.15, -0.1) is 0 Å². The summed E-state index contributed by atoms with van der Waals surface area (Å²) in [6, 6.07) is 3.24. The van der Waals surface area contributed by atoms with Crippen LogP contribution in [-0.2, 0) is 4.74 Å². The molecule has 96 valence electrons. The molecule has 0 amide bonds. The molecule has 0 aliphatic heterocycles. The third-order valence-corrected chi connectivity index (χ3v) is 2.22. The van der Waals surface area contributed by atoms with Gasteiger partial charge in [-0.1, -0.05) is 0 Å². The largest absolute Gasteiger partial charge is 0.478 e. The van der Waals surface area contributed by atoms with Crippen molar-refractivity contribution >= 4 is 30.5 Å². The number of carboxylic acid groups (broad SMARTS) is 2. The summed E-state index contributed by atoms with van der Waals surface area (Å²) in [6.07, 6.45) is 0. The normalized spacial score (nSPS) is 9.83. The highest BCUT2D eigenvalue weighted by atomic mass is 32.1. The van der Waals surface area contributed by atoms with E-state index in [1.807, 2.05) is 0 Å². The van der Waals surface area contributed by atoms with Crippen LogP contribution < -0.4 is 0 Å². The smallest absolute Gasteiger partial charge is 0.338 e. The van der Waals surface area contributed by atoms with Crippen molar-refractivity contribution in [3.05, 3.63) is 34.9 Å². The standard InChI is InChI=1S/C11H10O6S/c12-9(13)7-2-1-6(5-8(7)10(14)15)11(16)17-3-4-18/h1-2,5,18H,3-4H2,(H,12,13)(H,14,15). The second-order valence-corrected chi connectivity index (χ2v) is 3.68. The van der Waals surface area contributed by atoms with Crippen LogP contribution in [-0.4, -0.2) is 40.5 Å². The molecule has 0 bridgehead atoms. The number of benzene rings is 1. The van der Waals surface area contributed by atoms with Gasteiger partial charge in [-0.3, -0.25) is 0 Å². The van der Waals surface area contributed by atoms with Crippen molar-refractivity contribution < 1.29 is 29.3 Å². The lowest BCUT2D eigenvalue weighted by atomic mass is 10.0. The van der Waals surface area contributed by atoms with Crippen LogP contribution in [0.4, 0.5) is 0 Å². The number of ether oxygens (including phenoxy) is 1. The lowest BCUT2D eigenvalue weighted by molar-refractivity contribution is 0.0529. The first-order valence-corrected chi connectivity index (χ1v) is 5.49. The maximum atomic E-state index is 11.5. The molecule has 7 heteroatoms.